The third-order valence-electron chi connectivity index (χ3n) is 2.92. The molecule has 0 aromatic carbocycles. The molecule has 3 heteroatoms. The van der Waals surface area contributed by atoms with E-state index in [1.807, 2.05) is 11.3 Å². The molecule has 1 aliphatic carbocycles. The van der Waals surface area contributed by atoms with Crippen LogP contribution in [0.5, 0.6) is 0 Å². The number of hydrogen-bond acceptors (Lipinski definition) is 3. The van der Waals surface area contributed by atoms with E-state index in [2.05, 4.69) is 29.7 Å². The lowest BCUT2D eigenvalue weighted by atomic mass is 10.1. The highest BCUT2D eigenvalue weighted by Gasteiger charge is 2.30. The Kier molecular flexibility index (Phi) is 3.19. The smallest absolute Gasteiger partial charge is 0.0943 e. The van der Waals surface area contributed by atoms with Crippen molar-refractivity contribution in [3.8, 4) is 0 Å². The van der Waals surface area contributed by atoms with Gasteiger partial charge in [-0.3, -0.25) is 0 Å². The molecule has 1 unspecified atom stereocenters. The predicted molar refractivity (Wildman–Crippen MR) is 60.8 cm³/mol. The van der Waals surface area contributed by atoms with Gasteiger partial charge in [-0.1, -0.05) is 6.92 Å². The van der Waals surface area contributed by atoms with Crippen LogP contribution in [0.3, 0.4) is 0 Å². The minimum absolute atomic E-state index is 0.658. The zero-order chi connectivity index (χ0) is 9.97. The summed E-state index contributed by atoms with van der Waals surface area (Å²) in [6.07, 6.45) is 4.98. The maximum Gasteiger partial charge on any atom is 0.0943 e. The third-order valence-corrected chi connectivity index (χ3v) is 3.84. The molecule has 1 aliphatic rings. The summed E-state index contributed by atoms with van der Waals surface area (Å²) in [4.78, 5) is 4.61. The number of aryl methyl sites for hydroxylation is 1. The highest BCUT2D eigenvalue weighted by atomic mass is 32.1. The molecule has 14 heavy (non-hydrogen) atoms. The fourth-order valence-electron chi connectivity index (χ4n) is 1.80. The van der Waals surface area contributed by atoms with Crippen molar-refractivity contribution in [2.24, 2.45) is 5.92 Å². The van der Waals surface area contributed by atoms with Gasteiger partial charge in [0.05, 0.1) is 10.7 Å². The van der Waals surface area contributed by atoms with Gasteiger partial charge in [-0.15, -0.1) is 11.3 Å². The topological polar surface area (TPSA) is 24.9 Å². The van der Waals surface area contributed by atoms with Crippen molar-refractivity contribution in [2.45, 2.75) is 38.6 Å². The predicted octanol–water partition coefficient (Wildman–Crippen LogP) is 2.25. The number of nitrogens with one attached hydrogen (secondary N) is 1. The maximum atomic E-state index is 4.61. The number of likely N-dealkylation sites (N-methyl/N-ethyl adjacent to an activating group) is 1. The average molecular weight is 210 g/mol. The minimum atomic E-state index is 0.658. The van der Waals surface area contributed by atoms with Crippen LogP contribution < -0.4 is 5.32 Å². The Bertz CT molecular complexity index is 291. The number of nitrogens with zero attached hydrogens (tertiary/aromatic N) is 1. The van der Waals surface area contributed by atoms with E-state index in [1.165, 1.54) is 23.5 Å². The van der Waals surface area contributed by atoms with Crippen LogP contribution in [0.25, 0.3) is 0 Å². The summed E-state index contributed by atoms with van der Waals surface area (Å²) in [5.74, 6) is 0.911. The van der Waals surface area contributed by atoms with E-state index in [0.717, 1.165) is 18.8 Å². The summed E-state index contributed by atoms with van der Waals surface area (Å²) >= 11 is 1.81. The molecule has 0 spiro atoms. The lowest BCUT2D eigenvalue weighted by Gasteiger charge is -2.12. The number of thiazole rings is 1. The van der Waals surface area contributed by atoms with Gasteiger partial charge in [-0.05, 0) is 32.2 Å². The summed E-state index contributed by atoms with van der Waals surface area (Å²) in [5.41, 5.74) is 1.25. The van der Waals surface area contributed by atoms with E-state index >= 15 is 0 Å². The van der Waals surface area contributed by atoms with Crippen molar-refractivity contribution in [3.63, 3.8) is 0 Å². The lowest BCUT2D eigenvalue weighted by Crippen LogP contribution is -2.29. The molecule has 1 N–H and O–H groups in total. The van der Waals surface area contributed by atoms with Crippen molar-refractivity contribution in [1.29, 1.82) is 0 Å². The second kappa shape index (κ2) is 4.41. The Morgan fingerprint density at radius 1 is 1.64 bits per heavy atom. The number of aromatic nitrogens is 1. The molecular weight excluding hydrogens is 192 g/mol. The zero-order valence-corrected chi connectivity index (χ0v) is 9.73. The van der Waals surface area contributed by atoms with Crippen LogP contribution in [0.1, 0.15) is 30.5 Å². The monoisotopic (exact) mass is 210 g/mol. The molecule has 78 valence electrons. The molecule has 1 aromatic heterocycles. The van der Waals surface area contributed by atoms with Crippen LogP contribution in [-0.4, -0.2) is 18.1 Å². The van der Waals surface area contributed by atoms with Gasteiger partial charge >= 0.3 is 0 Å². The molecule has 0 bridgehead atoms. The van der Waals surface area contributed by atoms with Crippen LogP contribution in [0, 0.1) is 5.92 Å². The van der Waals surface area contributed by atoms with E-state index in [-0.39, 0.29) is 0 Å². The Labute approximate surface area is 89.8 Å². The first-order chi connectivity index (χ1) is 6.83. The first kappa shape index (κ1) is 10.1. The SMILES string of the molecule is CCc1csc(CC(NC)C2CC2)n1. The summed E-state index contributed by atoms with van der Waals surface area (Å²) in [6, 6.07) is 0.658. The molecule has 1 fully saturated rings. The molecule has 0 radical (unpaired) electrons. The van der Waals surface area contributed by atoms with Gasteiger partial charge in [0.25, 0.3) is 0 Å². The molecule has 1 atom stereocenters. The van der Waals surface area contributed by atoms with Crippen LogP contribution in [-0.2, 0) is 12.8 Å². The van der Waals surface area contributed by atoms with Crippen molar-refractivity contribution in [3.05, 3.63) is 16.1 Å². The molecule has 1 heterocycles. The Hall–Kier alpha value is -0.410. The largest absolute Gasteiger partial charge is 0.316 e. The molecule has 0 saturated heterocycles. The fraction of sp³-hybridized carbons (Fsp3) is 0.727. The van der Waals surface area contributed by atoms with E-state index in [0.29, 0.717) is 6.04 Å². The van der Waals surface area contributed by atoms with Crippen LogP contribution in [0.15, 0.2) is 5.38 Å². The van der Waals surface area contributed by atoms with Gasteiger partial charge in [0, 0.05) is 17.8 Å². The normalized spacial score (nSPS) is 18.4. The van der Waals surface area contributed by atoms with E-state index in [1.54, 1.807) is 0 Å². The minimum Gasteiger partial charge on any atom is -0.316 e. The van der Waals surface area contributed by atoms with Crippen molar-refractivity contribution in [2.75, 3.05) is 7.05 Å². The quantitative estimate of drug-likeness (QED) is 0.806. The van der Waals surface area contributed by atoms with Crippen LogP contribution in [0.2, 0.25) is 0 Å². The van der Waals surface area contributed by atoms with Gasteiger partial charge in [0.1, 0.15) is 0 Å². The van der Waals surface area contributed by atoms with E-state index in [9.17, 15) is 0 Å². The summed E-state index contributed by atoms with van der Waals surface area (Å²) in [6.45, 7) is 2.16. The molecular formula is C11H18N2S. The first-order valence-electron chi connectivity index (χ1n) is 5.44. The second-order valence-electron chi connectivity index (χ2n) is 4.02. The first-order valence-corrected chi connectivity index (χ1v) is 6.32. The van der Waals surface area contributed by atoms with E-state index in [4.69, 9.17) is 0 Å². The number of hydrogen-bond donors (Lipinski definition) is 1. The summed E-state index contributed by atoms with van der Waals surface area (Å²) in [7, 11) is 2.07. The molecule has 2 rings (SSSR count). The highest BCUT2D eigenvalue weighted by molar-refractivity contribution is 7.09. The summed E-state index contributed by atoms with van der Waals surface area (Å²) in [5, 5.41) is 6.90. The van der Waals surface area contributed by atoms with Crippen molar-refractivity contribution < 1.29 is 0 Å². The van der Waals surface area contributed by atoms with Crippen molar-refractivity contribution in [1.82, 2.24) is 10.3 Å². The average Bonchev–Trinajstić information content (AvgIpc) is 2.95. The zero-order valence-electron chi connectivity index (χ0n) is 8.92. The fourth-order valence-corrected chi connectivity index (χ4v) is 2.73. The van der Waals surface area contributed by atoms with Crippen LogP contribution in [0.4, 0.5) is 0 Å². The molecule has 0 aliphatic heterocycles. The van der Waals surface area contributed by atoms with Gasteiger partial charge in [0.15, 0.2) is 0 Å². The summed E-state index contributed by atoms with van der Waals surface area (Å²) < 4.78 is 0. The standard InChI is InChI=1S/C11H18N2S/c1-3-9-7-14-11(13-9)6-10(12-2)8-4-5-8/h7-8,10,12H,3-6H2,1-2H3. The Balaban J connectivity index is 1.94. The number of rotatable bonds is 5. The van der Waals surface area contributed by atoms with Gasteiger partial charge < -0.3 is 5.32 Å². The maximum absolute atomic E-state index is 4.61. The van der Waals surface area contributed by atoms with E-state index < -0.39 is 0 Å². The second-order valence-corrected chi connectivity index (χ2v) is 4.97. The Morgan fingerprint density at radius 3 is 2.93 bits per heavy atom. The molecule has 1 saturated carbocycles. The Morgan fingerprint density at radius 2 is 2.43 bits per heavy atom. The molecule has 1 aromatic rings. The molecule has 2 nitrogen and oxygen atoms in total. The van der Waals surface area contributed by atoms with Crippen molar-refractivity contribution >= 4 is 11.3 Å². The van der Waals surface area contributed by atoms with Gasteiger partial charge in [0.2, 0.25) is 0 Å². The lowest BCUT2D eigenvalue weighted by molar-refractivity contribution is 0.499. The van der Waals surface area contributed by atoms with Gasteiger partial charge in [-0.2, -0.15) is 0 Å². The molecule has 0 amide bonds. The van der Waals surface area contributed by atoms with Gasteiger partial charge in [-0.25, -0.2) is 4.98 Å². The van der Waals surface area contributed by atoms with Crippen LogP contribution >= 0.6 is 11.3 Å². The highest BCUT2D eigenvalue weighted by Crippen LogP contribution is 2.34. The third kappa shape index (κ3) is 2.34.